The molecule has 5 N–H and O–H groups in total. The van der Waals surface area contributed by atoms with Gasteiger partial charge >= 0.3 is 6.36 Å². The molecule has 1 rings (SSSR count). The highest BCUT2D eigenvalue weighted by atomic mass is 19.4. The minimum Gasteiger partial charge on any atom is -0.368 e. The van der Waals surface area contributed by atoms with E-state index >= 15 is 0 Å². The van der Waals surface area contributed by atoms with Crippen molar-refractivity contribution in [2.45, 2.75) is 20.2 Å². The molecule has 1 aromatic carbocycles. The molecule has 8 nitrogen and oxygen atoms in total. The number of amides is 1. The molecule has 24 heavy (non-hydrogen) atoms. The van der Waals surface area contributed by atoms with Crippen LogP contribution in [0.3, 0.4) is 0 Å². The van der Waals surface area contributed by atoms with E-state index in [9.17, 15) is 18.0 Å². The molecular formula is C13H17F3N6O2. The van der Waals surface area contributed by atoms with Crippen molar-refractivity contribution in [2.24, 2.45) is 27.5 Å². The van der Waals surface area contributed by atoms with Gasteiger partial charge in [0.25, 0.3) is 5.96 Å². The van der Waals surface area contributed by atoms with Crippen LogP contribution in [0.25, 0.3) is 0 Å². The number of hydrogen-bond acceptors (Lipinski definition) is 3. The van der Waals surface area contributed by atoms with Crippen LogP contribution < -0.4 is 21.9 Å². The predicted molar refractivity (Wildman–Crippen MR) is 82.3 cm³/mol. The van der Waals surface area contributed by atoms with Gasteiger partial charge in [-0.3, -0.25) is 15.1 Å². The van der Waals surface area contributed by atoms with Gasteiger partial charge in [0.05, 0.1) is 5.69 Å². The third kappa shape index (κ3) is 6.42. The van der Waals surface area contributed by atoms with Crippen LogP contribution >= 0.6 is 0 Å². The molecule has 0 aromatic heterocycles. The van der Waals surface area contributed by atoms with Crippen molar-refractivity contribution in [1.29, 1.82) is 0 Å². The van der Waals surface area contributed by atoms with Gasteiger partial charge in [-0.1, -0.05) is 32.0 Å². The van der Waals surface area contributed by atoms with E-state index in [1.54, 1.807) is 44.2 Å². The predicted octanol–water partition coefficient (Wildman–Crippen LogP) is 1.26. The molecule has 0 bridgehead atoms. The number of carbonyl (C=O) groups excluding carboxylic acids is 1. The van der Waals surface area contributed by atoms with Crippen molar-refractivity contribution < 1.29 is 22.8 Å². The summed E-state index contributed by atoms with van der Waals surface area (Å²) in [7, 11) is 0. The fraction of sp³-hybridized carbons (Fsp3) is 0.308. The number of nitrogens with one attached hydrogen (secondary N) is 1. The molecular weight excluding hydrogens is 329 g/mol. The molecule has 0 heterocycles. The highest BCUT2D eigenvalue weighted by Crippen LogP contribution is 2.16. The Morgan fingerprint density at radius 1 is 1.25 bits per heavy atom. The number of nitrogens with two attached hydrogens (primary N) is 2. The highest BCUT2D eigenvalue weighted by Gasteiger charge is 2.31. The summed E-state index contributed by atoms with van der Waals surface area (Å²) in [6, 6.07) is 8.26. The lowest BCUT2D eigenvalue weighted by molar-refractivity contribution is -0.325. The van der Waals surface area contributed by atoms with Crippen LogP contribution in [-0.4, -0.2) is 24.2 Å². The van der Waals surface area contributed by atoms with Crippen LogP contribution in [0.1, 0.15) is 13.8 Å². The number of para-hydroxylation sites is 1. The topological polar surface area (TPSA) is 118 Å². The fourth-order valence-corrected chi connectivity index (χ4v) is 1.36. The molecule has 0 saturated heterocycles. The average molecular weight is 346 g/mol. The zero-order chi connectivity index (χ0) is 18.3. The number of rotatable bonds is 3. The van der Waals surface area contributed by atoms with Crippen LogP contribution in [0.4, 0.5) is 18.9 Å². The van der Waals surface area contributed by atoms with E-state index in [4.69, 9.17) is 11.5 Å². The first-order valence-electron chi connectivity index (χ1n) is 6.68. The second-order valence-electron chi connectivity index (χ2n) is 4.76. The minimum atomic E-state index is -5.00. The quantitative estimate of drug-likeness (QED) is 0.433. The first kappa shape index (κ1) is 19.1. The van der Waals surface area contributed by atoms with Crippen molar-refractivity contribution in [2.75, 3.05) is 5.01 Å². The standard InChI is InChI=1S/C13H17F3N6O2/c1-8(2)10(23)20-22(9-6-4-3-5-7-9)12(18)19-11(17)21-24-13(14,15)16/h3-8H,1-2H3,(H,20,23)(H4,17,18,19,21). The van der Waals surface area contributed by atoms with Gasteiger partial charge in [-0.25, -0.2) is 5.01 Å². The highest BCUT2D eigenvalue weighted by molar-refractivity contribution is 6.03. The van der Waals surface area contributed by atoms with Crippen LogP contribution in [0, 0.1) is 5.92 Å². The zero-order valence-electron chi connectivity index (χ0n) is 12.9. The van der Waals surface area contributed by atoms with E-state index in [1.165, 1.54) is 0 Å². The summed E-state index contributed by atoms with van der Waals surface area (Å²) in [4.78, 5) is 18.5. The van der Waals surface area contributed by atoms with Gasteiger partial charge in [-0.2, -0.15) is 4.99 Å². The molecule has 132 valence electrons. The largest absolute Gasteiger partial charge is 0.593 e. The SMILES string of the molecule is CC(C)C(=O)NN(C(N)=NC(N)=NOC(F)(F)F)c1ccccc1. The van der Waals surface area contributed by atoms with Gasteiger partial charge in [0.15, 0.2) is 0 Å². The van der Waals surface area contributed by atoms with Gasteiger partial charge < -0.3 is 11.5 Å². The van der Waals surface area contributed by atoms with Gasteiger partial charge in [0, 0.05) is 5.92 Å². The summed E-state index contributed by atoms with van der Waals surface area (Å²) >= 11 is 0. The Balaban J connectivity index is 3.05. The number of benzene rings is 1. The monoisotopic (exact) mass is 346 g/mol. The Hall–Kier alpha value is -2.98. The van der Waals surface area contributed by atoms with Gasteiger partial charge in [-0.05, 0) is 17.3 Å². The number of hydrogen-bond donors (Lipinski definition) is 3. The molecule has 0 spiro atoms. The molecule has 1 aromatic rings. The number of halogens is 3. The second kappa shape index (κ2) is 8.04. The maximum absolute atomic E-state index is 11.9. The Labute approximate surface area is 135 Å². The third-order valence-corrected chi connectivity index (χ3v) is 2.46. The molecule has 0 saturated carbocycles. The van der Waals surface area contributed by atoms with Crippen molar-refractivity contribution in [3.05, 3.63) is 30.3 Å². The van der Waals surface area contributed by atoms with Crippen molar-refractivity contribution in [3.63, 3.8) is 0 Å². The lowest BCUT2D eigenvalue weighted by Crippen LogP contribution is -2.51. The van der Waals surface area contributed by atoms with E-state index in [0.29, 0.717) is 5.69 Å². The van der Waals surface area contributed by atoms with E-state index in [-0.39, 0.29) is 11.8 Å². The number of anilines is 1. The normalized spacial score (nSPS) is 12.9. The first-order chi connectivity index (χ1) is 11.1. The van der Waals surface area contributed by atoms with Gasteiger partial charge in [0.1, 0.15) is 0 Å². The molecule has 0 unspecified atom stereocenters. The molecule has 0 atom stereocenters. The Morgan fingerprint density at radius 2 is 1.83 bits per heavy atom. The van der Waals surface area contributed by atoms with Crippen LogP contribution in [0.5, 0.6) is 0 Å². The summed E-state index contributed by atoms with van der Waals surface area (Å²) in [5.41, 5.74) is 13.8. The van der Waals surface area contributed by atoms with Gasteiger partial charge in [0.2, 0.25) is 11.9 Å². The van der Waals surface area contributed by atoms with Crippen LogP contribution in [-0.2, 0) is 9.63 Å². The molecule has 0 aliphatic carbocycles. The summed E-state index contributed by atoms with van der Waals surface area (Å²) in [6.45, 7) is 3.30. The smallest absolute Gasteiger partial charge is 0.368 e. The van der Waals surface area contributed by atoms with Gasteiger partial charge in [-0.15, -0.1) is 13.2 Å². The number of aliphatic imine (C=N–C) groups is 1. The molecule has 11 heteroatoms. The zero-order valence-corrected chi connectivity index (χ0v) is 12.9. The van der Waals surface area contributed by atoms with E-state index in [0.717, 1.165) is 5.01 Å². The number of oxime groups is 1. The Bertz CT molecular complexity index is 616. The lowest BCUT2D eigenvalue weighted by Gasteiger charge is -2.24. The van der Waals surface area contributed by atoms with Crippen molar-refractivity contribution >= 4 is 23.5 Å². The molecule has 0 fully saturated rings. The lowest BCUT2D eigenvalue weighted by atomic mass is 10.2. The molecule has 1 amide bonds. The second-order valence-corrected chi connectivity index (χ2v) is 4.76. The fourth-order valence-electron chi connectivity index (χ4n) is 1.36. The number of carbonyl (C=O) groups is 1. The van der Waals surface area contributed by atoms with E-state index in [2.05, 4.69) is 20.4 Å². The maximum atomic E-state index is 11.9. The van der Waals surface area contributed by atoms with E-state index in [1.807, 2.05) is 0 Å². The first-order valence-corrected chi connectivity index (χ1v) is 6.68. The molecule has 0 radical (unpaired) electrons. The molecule has 0 aliphatic heterocycles. The number of guanidine groups is 2. The summed E-state index contributed by atoms with van der Waals surface area (Å²) in [5, 5.41) is 3.66. The maximum Gasteiger partial charge on any atom is 0.593 e. The van der Waals surface area contributed by atoms with Crippen molar-refractivity contribution in [3.8, 4) is 0 Å². The summed E-state index contributed by atoms with van der Waals surface area (Å²) in [5.74, 6) is -2.03. The summed E-state index contributed by atoms with van der Waals surface area (Å²) < 4.78 is 35.7. The third-order valence-electron chi connectivity index (χ3n) is 2.46. The van der Waals surface area contributed by atoms with Crippen LogP contribution in [0.2, 0.25) is 0 Å². The minimum absolute atomic E-state index is 0.372. The average Bonchev–Trinajstić information content (AvgIpc) is 2.50. The molecule has 0 aliphatic rings. The Kier molecular flexibility index (Phi) is 6.38. The summed E-state index contributed by atoms with van der Waals surface area (Å²) in [6.07, 6.45) is -5.00. The van der Waals surface area contributed by atoms with Crippen LogP contribution in [0.15, 0.2) is 40.5 Å². The number of alkyl halides is 3. The van der Waals surface area contributed by atoms with Crippen molar-refractivity contribution in [1.82, 2.24) is 5.43 Å². The van der Waals surface area contributed by atoms with E-state index < -0.39 is 18.3 Å². The number of nitrogens with zero attached hydrogens (tertiary/aromatic N) is 3. The Morgan fingerprint density at radius 3 is 2.33 bits per heavy atom. The number of hydrazine groups is 1.